The molecular formula is C62H45NO. The monoisotopic (exact) mass is 819 g/mol. The number of fused-ring (bicyclic) bond motifs is 14. The van der Waals surface area contributed by atoms with Crippen molar-refractivity contribution in [1.82, 2.24) is 0 Å². The molecule has 2 heteroatoms. The molecule has 1 heterocycles. The van der Waals surface area contributed by atoms with E-state index in [1.165, 1.54) is 71.8 Å². The number of furan rings is 1. The minimum absolute atomic E-state index is 0.125. The summed E-state index contributed by atoms with van der Waals surface area (Å²) in [5.74, 6) is 0. The van der Waals surface area contributed by atoms with E-state index in [1.54, 1.807) is 0 Å². The molecule has 13 rings (SSSR count). The molecule has 64 heavy (non-hydrogen) atoms. The van der Waals surface area contributed by atoms with Gasteiger partial charge in [-0.05, 0) is 120 Å². The zero-order chi connectivity index (χ0) is 42.9. The van der Waals surface area contributed by atoms with Crippen molar-refractivity contribution < 1.29 is 4.42 Å². The molecule has 0 atom stereocenters. The molecular weight excluding hydrogens is 775 g/mol. The van der Waals surface area contributed by atoms with Gasteiger partial charge >= 0.3 is 0 Å². The van der Waals surface area contributed by atoms with E-state index in [0.717, 1.165) is 55.5 Å². The molecule has 0 saturated carbocycles. The van der Waals surface area contributed by atoms with Crippen molar-refractivity contribution in [3.63, 3.8) is 0 Å². The summed E-state index contributed by atoms with van der Waals surface area (Å²) in [4.78, 5) is 2.46. The minimum atomic E-state index is -0.125. The molecule has 11 aromatic rings. The Balaban J connectivity index is 1.01. The van der Waals surface area contributed by atoms with Crippen molar-refractivity contribution in [2.24, 2.45) is 0 Å². The average molecular weight is 820 g/mol. The van der Waals surface area contributed by atoms with E-state index >= 15 is 0 Å². The largest absolute Gasteiger partial charge is 0.455 e. The summed E-state index contributed by atoms with van der Waals surface area (Å²) in [5.41, 5.74) is 20.4. The smallest absolute Gasteiger partial charge is 0.143 e. The van der Waals surface area contributed by atoms with Gasteiger partial charge in [-0.15, -0.1) is 0 Å². The zero-order valence-corrected chi connectivity index (χ0v) is 36.4. The topological polar surface area (TPSA) is 16.4 Å². The molecule has 0 spiro atoms. The van der Waals surface area contributed by atoms with Crippen LogP contribution in [0.5, 0.6) is 0 Å². The molecule has 304 valence electrons. The van der Waals surface area contributed by atoms with Crippen LogP contribution in [0.15, 0.2) is 205 Å². The second-order valence-electron chi connectivity index (χ2n) is 18.8. The predicted octanol–water partition coefficient (Wildman–Crippen LogP) is 17.3. The molecule has 0 radical (unpaired) electrons. The third kappa shape index (κ3) is 5.14. The van der Waals surface area contributed by atoms with Gasteiger partial charge in [0.1, 0.15) is 11.2 Å². The Hall–Kier alpha value is -7.68. The van der Waals surface area contributed by atoms with Crippen LogP contribution < -0.4 is 4.90 Å². The van der Waals surface area contributed by atoms with Crippen LogP contribution >= 0.6 is 0 Å². The highest BCUT2D eigenvalue weighted by molar-refractivity contribution is 6.32. The summed E-state index contributed by atoms with van der Waals surface area (Å²) in [5, 5.41) is 7.09. The maximum absolute atomic E-state index is 6.90. The van der Waals surface area contributed by atoms with Crippen LogP contribution in [0.25, 0.3) is 88.0 Å². The molecule has 0 saturated heterocycles. The highest BCUT2D eigenvalue weighted by atomic mass is 16.3. The van der Waals surface area contributed by atoms with Crippen molar-refractivity contribution in [3.05, 3.63) is 222 Å². The first-order valence-corrected chi connectivity index (χ1v) is 22.5. The van der Waals surface area contributed by atoms with Gasteiger partial charge in [0.25, 0.3) is 0 Å². The Morgan fingerprint density at radius 3 is 1.42 bits per heavy atom. The van der Waals surface area contributed by atoms with Crippen molar-refractivity contribution in [2.45, 2.75) is 38.5 Å². The molecule has 2 aliphatic carbocycles. The third-order valence-electron chi connectivity index (χ3n) is 14.7. The molecule has 0 N–H and O–H groups in total. The fourth-order valence-corrected chi connectivity index (χ4v) is 11.5. The average Bonchev–Trinajstić information content (AvgIpc) is 3.92. The van der Waals surface area contributed by atoms with E-state index in [0.29, 0.717) is 0 Å². The Bertz CT molecular complexity index is 3610. The van der Waals surface area contributed by atoms with E-state index in [9.17, 15) is 0 Å². The molecule has 0 unspecified atom stereocenters. The van der Waals surface area contributed by atoms with Crippen LogP contribution in [0.3, 0.4) is 0 Å². The Morgan fingerprint density at radius 1 is 0.344 bits per heavy atom. The molecule has 1 aromatic heterocycles. The highest BCUT2D eigenvalue weighted by Crippen LogP contribution is 2.54. The van der Waals surface area contributed by atoms with E-state index in [-0.39, 0.29) is 10.8 Å². The van der Waals surface area contributed by atoms with Gasteiger partial charge < -0.3 is 9.32 Å². The van der Waals surface area contributed by atoms with Gasteiger partial charge in [-0.2, -0.15) is 0 Å². The van der Waals surface area contributed by atoms with E-state index in [2.05, 4.69) is 233 Å². The van der Waals surface area contributed by atoms with Crippen LogP contribution in [0.2, 0.25) is 0 Å². The summed E-state index contributed by atoms with van der Waals surface area (Å²) in [6.45, 7) is 9.47. The lowest BCUT2D eigenvalue weighted by atomic mass is 9.82. The Labute approximate surface area is 373 Å². The lowest BCUT2D eigenvalue weighted by Crippen LogP contribution is -2.18. The van der Waals surface area contributed by atoms with Gasteiger partial charge in [0.2, 0.25) is 0 Å². The fraction of sp³-hybridized carbons (Fsp3) is 0.0968. The predicted molar refractivity (Wildman–Crippen MR) is 269 cm³/mol. The van der Waals surface area contributed by atoms with Crippen LogP contribution in [-0.4, -0.2) is 0 Å². The second kappa shape index (κ2) is 13.4. The van der Waals surface area contributed by atoms with Crippen LogP contribution in [-0.2, 0) is 10.8 Å². The molecule has 0 amide bonds. The SMILES string of the molecule is CC1(C)c2ccccc2-c2ccc(N(c3ccc(-c4ccc5oc6c7ccccc7c7ccccc7c6c5c4-c4ccccc4)cc3)c3ccc4c(c3)C(C)(C)c3ccccc3-4)cc21. The maximum atomic E-state index is 6.90. The fourth-order valence-electron chi connectivity index (χ4n) is 11.5. The first kappa shape index (κ1) is 36.9. The van der Waals surface area contributed by atoms with Gasteiger partial charge in [-0.3, -0.25) is 0 Å². The summed E-state index contributed by atoms with van der Waals surface area (Å²) >= 11 is 0. The third-order valence-corrected chi connectivity index (χ3v) is 14.7. The molecule has 2 nitrogen and oxygen atoms in total. The summed E-state index contributed by atoms with van der Waals surface area (Å²) in [6, 6.07) is 74.0. The Kier molecular flexibility index (Phi) is 7.74. The van der Waals surface area contributed by atoms with Crippen molar-refractivity contribution in [2.75, 3.05) is 4.90 Å². The summed E-state index contributed by atoms with van der Waals surface area (Å²) in [7, 11) is 0. The number of hydrogen-bond donors (Lipinski definition) is 0. The quantitative estimate of drug-likeness (QED) is 0.161. The second-order valence-corrected chi connectivity index (χ2v) is 18.8. The van der Waals surface area contributed by atoms with Crippen LogP contribution in [0, 0.1) is 0 Å². The Morgan fingerprint density at radius 2 is 0.812 bits per heavy atom. The van der Waals surface area contributed by atoms with Crippen LogP contribution in [0.1, 0.15) is 49.9 Å². The van der Waals surface area contributed by atoms with E-state index < -0.39 is 0 Å². The molecule has 0 bridgehead atoms. The lowest BCUT2D eigenvalue weighted by Gasteiger charge is -2.30. The standard InChI is InChI=1S/C62H45NO/c1-61(2)52-24-14-12-20-46(52)48-32-30-41(36-54(48)61)63(42-31-33-49-47-21-13-15-25-53(47)62(3,4)55(49)37-42)40-28-26-38(27-29-40)43-34-35-56-59(57(43)39-16-6-5-7-17-39)58-50-22-10-8-18-44(50)45-19-9-11-23-51(45)60(58)64-56/h5-37H,1-4H3. The van der Waals surface area contributed by atoms with Gasteiger partial charge in [0.15, 0.2) is 0 Å². The van der Waals surface area contributed by atoms with Crippen LogP contribution in [0.4, 0.5) is 17.1 Å². The molecule has 10 aromatic carbocycles. The van der Waals surface area contributed by atoms with E-state index in [1.807, 2.05) is 0 Å². The highest BCUT2D eigenvalue weighted by Gasteiger charge is 2.38. The van der Waals surface area contributed by atoms with Gasteiger partial charge in [0, 0.05) is 49.6 Å². The number of benzene rings is 10. The molecule has 0 aliphatic heterocycles. The van der Waals surface area contributed by atoms with Gasteiger partial charge in [-0.25, -0.2) is 0 Å². The first-order valence-electron chi connectivity index (χ1n) is 22.5. The number of nitrogens with zero attached hydrogens (tertiary/aromatic N) is 1. The molecule has 0 fully saturated rings. The van der Waals surface area contributed by atoms with E-state index in [4.69, 9.17) is 4.42 Å². The zero-order valence-electron chi connectivity index (χ0n) is 36.4. The minimum Gasteiger partial charge on any atom is -0.455 e. The number of rotatable bonds is 5. The van der Waals surface area contributed by atoms with Gasteiger partial charge in [-0.1, -0.05) is 185 Å². The summed E-state index contributed by atoms with van der Waals surface area (Å²) in [6.07, 6.45) is 0. The number of anilines is 3. The normalized spacial score (nSPS) is 14.2. The lowest BCUT2D eigenvalue weighted by molar-refractivity contribution is 0.660. The van der Waals surface area contributed by atoms with Crippen molar-refractivity contribution in [3.8, 4) is 44.5 Å². The van der Waals surface area contributed by atoms with Crippen molar-refractivity contribution in [1.29, 1.82) is 0 Å². The van der Waals surface area contributed by atoms with Gasteiger partial charge in [0.05, 0.1) is 0 Å². The maximum Gasteiger partial charge on any atom is 0.143 e. The van der Waals surface area contributed by atoms with Crippen molar-refractivity contribution >= 4 is 60.5 Å². The number of hydrogen-bond acceptors (Lipinski definition) is 2. The summed E-state index contributed by atoms with van der Waals surface area (Å²) < 4.78 is 6.90. The molecule has 2 aliphatic rings. The first-order chi connectivity index (χ1) is 31.3.